The number of carbonyl (C=O) groups excluding carboxylic acids is 2. The van der Waals surface area contributed by atoms with E-state index in [1.54, 1.807) is 50.2 Å². The monoisotopic (exact) mass is 294 g/mol. The summed E-state index contributed by atoms with van der Waals surface area (Å²) in [4.78, 5) is 24.5. The van der Waals surface area contributed by atoms with Gasteiger partial charge in [-0.25, -0.2) is 0 Å². The van der Waals surface area contributed by atoms with E-state index in [0.29, 0.717) is 11.3 Å². The maximum absolute atomic E-state index is 12.3. The lowest BCUT2D eigenvalue weighted by molar-refractivity contribution is -0.113. The predicted molar refractivity (Wildman–Crippen MR) is 87.4 cm³/mol. The molecule has 0 unspecified atom stereocenters. The van der Waals surface area contributed by atoms with Crippen molar-refractivity contribution in [3.8, 4) is 0 Å². The van der Waals surface area contributed by atoms with Crippen molar-refractivity contribution in [1.29, 1.82) is 0 Å². The zero-order valence-corrected chi connectivity index (χ0v) is 12.6. The molecule has 0 heterocycles. The molecular formula is C18H18N2O2. The van der Waals surface area contributed by atoms with E-state index in [2.05, 4.69) is 10.6 Å². The summed E-state index contributed by atoms with van der Waals surface area (Å²) in [5, 5.41) is 5.45. The van der Waals surface area contributed by atoms with Gasteiger partial charge in [0.15, 0.2) is 0 Å². The average molecular weight is 294 g/mol. The van der Waals surface area contributed by atoms with Crippen LogP contribution in [0, 0.1) is 0 Å². The second-order valence-electron chi connectivity index (χ2n) is 5.02. The number of hydrogen-bond donors (Lipinski definition) is 2. The van der Waals surface area contributed by atoms with Crippen molar-refractivity contribution in [2.45, 2.75) is 13.8 Å². The maximum atomic E-state index is 12.3. The van der Waals surface area contributed by atoms with Crippen molar-refractivity contribution in [3.63, 3.8) is 0 Å². The van der Waals surface area contributed by atoms with Crippen molar-refractivity contribution >= 4 is 17.5 Å². The van der Waals surface area contributed by atoms with E-state index in [1.165, 1.54) is 0 Å². The smallest absolute Gasteiger partial charge is 0.272 e. The van der Waals surface area contributed by atoms with Gasteiger partial charge < -0.3 is 10.6 Å². The summed E-state index contributed by atoms with van der Waals surface area (Å²) in [6.45, 7) is 3.57. The zero-order chi connectivity index (χ0) is 15.9. The normalized spacial score (nSPS) is 9.73. The Morgan fingerprint density at radius 1 is 0.818 bits per heavy atom. The molecule has 0 saturated heterocycles. The van der Waals surface area contributed by atoms with E-state index in [4.69, 9.17) is 0 Å². The Balaban J connectivity index is 2.13. The molecule has 112 valence electrons. The molecule has 0 saturated carbocycles. The van der Waals surface area contributed by atoms with E-state index in [-0.39, 0.29) is 17.5 Å². The molecule has 0 aliphatic rings. The highest BCUT2D eigenvalue weighted by atomic mass is 16.2. The number of nitrogens with one attached hydrogen (secondary N) is 2. The van der Waals surface area contributed by atoms with E-state index in [9.17, 15) is 9.59 Å². The van der Waals surface area contributed by atoms with Gasteiger partial charge in [0.1, 0.15) is 5.70 Å². The summed E-state index contributed by atoms with van der Waals surface area (Å²) in [6.07, 6.45) is 0. The molecule has 0 fully saturated rings. The van der Waals surface area contributed by atoms with Gasteiger partial charge in [0, 0.05) is 11.3 Å². The van der Waals surface area contributed by atoms with Crippen LogP contribution in [-0.2, 0) is 4.79 Å². The molecule has 0 bridgehead atoms. The van der Waals surface area contributed by atoms with Gasteiger partial charge in [0.2, 0.25) is 0 Å². The second-order valence-corrected chi connectivity index (χ2v) is 5.02. The fourth-order valence-electron chi connectivity index (χ4n) is 1.90. The summed E-state index contributed by atoms with van der Waals surface area (Å²) in [7, 11) is 0. The Morgan fingerprint density at radius 2 is 1.36 bits per heavy atom. The summed E-state index contributed by atoms with van der Waals surface area (Å²) in [5.41, 5.74) is 2.18. The van der Waals surface area contributed by atoms with Crippen LogP contribution in [0.2, 0.25) is 0 Å². The molecule has 2 amide bonds. The van der Waals surface area contributed by atoms with E-state index < -0.39 is 0 Å². The molecule has 0 aliphatic carbocycles. The summed E-state index contributed by atoms with van der Waals surface area (Å²) in [6, 6.07) is 17.9. The van der Waals surface area contributed by atoms with Gasteiger partial charge in [0.05, 0.1) is 0 Å². The molecule has 0 aromatic heterocycles. The predicted octanol–water partition coefficient (Wildman–Crippen LogP) is 3.35. The van der Waals surface area contributed by atoms with Crippen molar-refractivity contribution in [2.24, 2.45) is 0 Å². The van der Waals surface area contributed by atoms with E-state index in [0.717, 1.165) is 5.57 Å². The maximum Gasteiger partial charge on any atom is 0.272 e. The largest absolute Gasteiger partial charge is 0.321 e. The van der Waals surface area contributed by atoms with Gasteiger partial charge in [-0.1, -0.05) is 36.4 Å². The van der Waals surface area contributed by atoms with Crippen molar-refractivity contribution in [2.75, 3.05) is 5.32 Å². The summed E-state index contributed by atoms with van der Waals surface area (Å²) < 4.78 is 0. The first-order chi connectivity index (χ1) is 10.6. The molecule has 0 spiro atoms. The Morgan fingerprint density at radius 3 is 1.91 bits per heavy atom. The van der Waals surface area contributed by atoms with Crippen LogP contribution in [0.5, 0.6) is 0 Å². The van der Waals surface area contributed by atoms with Crippen LogP contribution in [0.3, 0.4) is 0 Å². The van der Waals surface area contributed by atoms with Gasteiger partial charge >= 0.3 is 0 Å². The topological polar surface area (TPSA) is 58.2 Å². The van der Waals surface area contributed by atoms with Crippen LogP contribution < -0.4 is 10.6 Å². The minimum atomic E-state index is -0.338. The number of allylic oxidation sites excluding steroid dienone is 1. The average Bonchev–Trinajstić information content (AvgIpc) is 2.53. The zero-order valence-electron chi connectivity index (χ0n) is 12.6. The van der Waals surface area contributed by atoms with Gasteiger partial charge in [0.25, 0.3) is 11.8 Å². The number of benzene rings is 2. The molecule has 0 radical (unpaired) electrons. The second kappa shape index (κ2) is 7.22. The fraction of sp³-hybridized carbons (Fsp3) is 0.111. The van der Waals surface area contributed by atoms with E-state index in [1.807, 2.05) is 24.3 Å². The third-order valence-electron chi connectivity index (χ3n) is 3.03. The Bertz CT molecular complexity index is 688. The molecule has 0 atom stereocenters. The lowest BCUT2D eigenvalue weighted by Crippen LogP contribution is -2.31. The molecule has 22 heavy (non-hydrogen) atoms. The molecule has 2 rings (SSSR count). The van der Waals surface area contributed by atoms with Crippen molar-refractivity contribution in [3.05, 3.63) is 77.5 Å². The van der Waals surface area contributed by atoms with Crippen LogP contribution in [-0.4, -0.2) is 11.8 Å². The van der Waals surface area contributed by atoms with Gasteiger partial charge in [-0.15, -0.1) is 0 Å². The number of rotatable bonds is 4. The van der Waals surface area contributed by atoms with Gasteiger partial charge in [-0.3, -0.25) is 9.59 Å². The first-order valence-electron chi connectivity index (χ1n) is 6.98. The van der Waals surface area contributed by atoms with Crippen LogP contribution >= 0.6 is 0 Å². The molecular weight excluding hydrogens is 276 g/mol. The van der Waals surface area contributed by atoms with Crippen molar-refractivity contribution in [1.82, 2.24) is 5.32 Å². The van der Waals surface area contributed by atoms with Crippen molar-refractivity contribution < 1.29 is 9.59 Å². The van der Waals surface area contributed by atoms with Crippen LogP contribution in [0.15, 0.2) is 71.9 Å². The quantitative estimate of drug-likeness (QED) is 0.850. The van der Waals surface area contributed by atoms with Gasteiger partial charge in [-0.2, -0.15) is 0 Å². The molecule has 2 aromatic carbocycles. The standard InChI is InChI=1S/C18H18N2O2/c1-13(2)16(18(22)19-15-11-7-4-8-12-15)20-17(21)14-9-5-3-6-10-14/h3-12H,1-2H3,(H,19,22)(H,20,21). The van der Waals surface area contributed by atoms with Crippen LogP contribution in [0.1, 0.15) is 24.2 Å². The van der Waals surface area contributed by atoms with E-state index >= 15 is 0 Å². The molecule has 2 aromatic rings. The number of amides is 2. The SMILES string of the molecule is CC(C)=C(NC(=O)c1ccccc1)C(=O)Nc1ccccc1. The minimum absolute atomic E-state index is 0.262. The first-order valence-corrected chi connectivity index (χ1v) is 6.98. The third-order valence-corrected chi connectivity index (χ3v) is 3.03. The number of hydrogen-bond acceptors (Lipinski definition) is 2. The third kappa shape index (κ3) is 4.06. The fourth-order valence-corrected chi connectivity index (χ4v) is 1.90. The minimum Gasteiger partial charge on any atom is -0.321 e. The Labute approximate surface area is 129 Å². The van der Waals surface area contributed by atoms with Crippen LogP contribution in [0.4, 0.5) is 5.69 Å². The Hall–Kier alpha value is -2.88. The number of anilines is 1. The summed E-state index contributed by atoms with van der Waals surface area (Å²) in [5.74, 6) is -0.643. The Kier molecular flexibility index (Phi) is 5.09. The lowest BCUT2D eigenvalue weighted by atomic mass is 10.2. The highest BCUT2D eigenvalue weighted by molar-refractivity contribution is 6.08. The lowest BCUT2D eigenvalue weighted by Gasteiger charge is -2.12. The van der Waals surface area contributed by atoms with Gasteiger partial charge in [-0.05, 0) is 43.7 Å². The highest BCUT2D eigenvalue weighted by Gasteiger charge is 2.15. The molecule has 4 nitrogen and oxygen atoms in total. The highest BCUT2D eigenvalue weighted by Crippen LogP contribution is 2.10. The van der Waals surface area contributed by atoms with Crippen LogP contribution in [0.25, 0.3) is 0 Å². The first kappa shape index (κ1) is 15.5. The molecule has 4 heteroatoms. The summed E-state index contributed by atoms with van der Waals surface area (Å²) >= 11 is 0. The molecule has 0 aliphatic heterocycles. The molecule has 2 N–H and O–H groups in total. The number of para-hydroxylation sites is 1. The number of carbonyl (C=O) groups is 2.